The second-order valence-electron chi connectivity index (χ2n) is 14.6. The third kappa shape index (κ3) is 6.32. The summed E-state index contributed by atoms with van der Waals surface area (Å²) in [5, 5.41) is 30.8. The number of amides is 2. The second kappa shape index (κ2) is 14.0. The van der Waals surface area contributed by atoms with E-state index in [1.54, 1.807) is 39.8 Å². The van der Waals surface area contributed by atoms with E-state index in [4.69, 9.17) is 4.74 Å². The molecule has 12 nitrogen and oxygen atoms in total. The van der Waals surface area contributed by atoms with Crippen LogP contribution in [0.3, 0.4) is 0 Å². The number of aromatic nitrogens is 3. The van der Waals surface area contributed by atoms with Crippen LogP contribution in [0.15, 0.2) is 79.0 Å². The Morgan fingerprint density at radius 1 is 1.10 bits per heavy atom. The minimum atomic E-state index is -3.51. The molecule has 2 fully saturated rings. The Morgan fingerprint density at radius 2 is 1.88 bits per heavy atom. The molecule has 1 spiro atoms. The van der Waals surface area contributed by atoms with Gasteiger partial charge < -0.3 is 23.8 Å². The quantitative estimate of drug-likeness (QED) is 0.0829. The molecule has 4 heterocycles. The molecule has 4 aromatic rings. The third-order valence-corrected chi connectivity index (χ3v) is 13.4. The zero-order chi connectivity index (χ0) is 36.8. The SMILES string of the molecule is C[C@H]1[C@H]([Si](C)(C)F)[C@@H](CCn2cc(C(CO)c3ccccc3)nn2)O[C@]12C(=O)N(Cc1cccc(N3CCCCC3=O)c1)c1ccc([N+](=O)[O-])cc12. The van der Waals surface area contributed by atoms with Crippen molar-refractivity contribution in [2.75, 3.05) is 23.0 Å². The maximum atomic E-state index is 16.4. The summed E-state index contributed by atoms with van der Waals surface area (Å²) < 4.78 is 24.9. The first kappa shape index (κ1) is 35.6. The van der Waals surface area contributed by atoms with Gasteiger partial charge in [-0.3, -0.25) is 24.4 Å². The number of hydrogen-bond acceptors (Lipinski definition) is 8. The Bertz CT molecular complexity index is 1990. The Balaban J connectivity index is 1.20. The van der Waals surface area contributed by atoms with Crippen LogP contribution in [0.2, 0.25) is 18.6 Å². The van der Waals surface area contributed by atoms with Crippen LogP contribution in [0.5, 0.6) is 0 Å². The number of aliphatic hydroxyl groups is 1. The van der Waals surface area contributed by atoms with Gasteiger partial charge in [0.2, 0.25) is 14.3 Å². The van der Waals surface area contributed by atoms with Gasteiger partial charge in [0.15, 0.2) is 5.60 Å². The first-order chi connectivity index (χ1) is 24.9. The summed E-state index contributed by atoms with van der Waals surface area (Å²) in [5.74, 6) is -1.33. The molecule has 2 amide bonds. The van der Waals surface area contributed by atoms with E-state index in [2.05, 4.69) is 10.3 Å². The highest BCUT2D eigenvalue weighted by molar-refractivity contribution is 6.72. The van der Waals surface area contributed by atoms with Crippen LogP contribution in [0, 0.1) is 16.0 Å². The van der Waals surface area contributed by atoms with E-state index in [-0.39, 0.29) is 30.7 Å². The standard InChI is InChI=1S/C38H43FN6O6Si/c1-25-36(52(2,3)39)34(17-19-42-23-32(40-41-42)30(24-46)27-11-5-4-6-12-27)51-38(25)31-21-29(45(49)50)15-16-33(31)44(37(38)48)22-26-10-9-13-28(20-26)43-18-8-7-14-35(43)47/h4-6,9-13,15-16,20-21,23,25,30,34,36,46H,7-8,14,17-19,22,24H2,1-3H3/t25-,30?,34+,36-,38+/m0/s1. The number of piperidine rings is 1. The lowest BCUT2D eigenvalue weighted by Gasteiger charge is -2.31. The van der Waals surface area contributed by atoms with Gasteiger partial charge in [-0.25, -0.2) is 0 Å². The number of nitro groups is 1. The van der Waals surface area contributed by atoms with Gasteiger partial charge in [-0.05, 0) is 61.7 Å². The summed E-state index contributed by atoms with van der Waals surface area (Å²) in [5.41, 5.74) is 1.45. The Labute approximate surface area is 302 Å². The van der Waals surface area contributed by atoms with Crippen LogP contribution in [0.1, 0.15) is 60.9 Å². The number of ether oxygens (including phenoxy) is 1. The maximum Gasteiger partial charge on any atom is 0.269 e. The van der Waals surface area contributed by atoms with Gasteiger partial charge in [0.1, 0.15) is 0 Å². The number of fused-ring (bicyclic) bond motifs is 2. The largest absolute Gasteiger partial charge is 0.395 e. The molecular weight excluding hydrogens is 684 g/mol. The van der Waals surface area contributed by atoms with Crippen LogP contribution >= 0.6 is 0 Å². The van der Waals surface area contributed by atoms with E-state index < -0.39 is 42.4 Å². The zero-order valence-electron chi connectivity index (χ0n) is 29.5. The summed E-state index contributed by atoms with van der Waals surface area (Å²) in [7, 11) is -3.51. The topological polar surface area (TPSA) is 144 Å². The molecule has 0 aliphatic carbocycles. The lowest BCUT2D eigenvalue weighted by Crippen LogP contribution is -2.45. The molecule has 52 heavy (non-hydrogen) atoms. The normalized spacial score (nSPS) is 23.8. The van der Waals surface area contributed by atoms with Gasteiger partial charge >= 0.3 is 0 Å². The number of halogens is 1. The third-order valence-electron chi connectivity index (χ3n) is 11.0. The summed E-state index contributed by atoms with van der Waals surface area (Å²) in [4.78, 5) is 42.4. The molecule has 1 unspecified atom stereocenters. The monoisotopic (exact) mass is 726 g/mol. The van der Waals surface area contributed by atoms with Crippen molar-refractivity contribution in [3.05, 3.63) is 111 Å². The van der Waals surface area contributed by atoms with Crippen LogP contribution < -0.4 is 9.80 Å². The number of hydrogen-bond donors (Lipinski definition) is 1. The lowest BCUT2D eigenvalue weighted by atomic mass is 9.82. The number of benzene rings is 3. The van der Waals surface area contributed by atoms with E-state index in [0.29, 0.717) is 42.9 Å². The van der Waals surface area contributed by atoms with Crippen molar-refractivity contribution in [2.45, 2.75) is 82.0 Å². The molecule has 14 heteroatoms. The summed E-state index contributed by atoms with van der Waals surface area (Å²) in [6.45, 7) is 5.98. The van der Waals surface area contributed by atoms with Gasteiger partial charge in [-0.2, -0.15) is 0 Å². The maximum absolute atomic E-state index is 16.4. The number of carbonyl (C=O) groups excluding carboxylic acids is 2. The summed E-state index contributed by atoms with van der Waals surface area (Å²) in [6, 6.07) is 21.4. The summed E-state index contributed by atoms with van der Waals surface area (Å²) >= 11 is 0. The molecule has 0 saturated carbocycles. The van der Waals surface area contributed by atoms with Gasteiger partial charge in [-0.1, -0.05) is 54.6 Å². The zero-order valence-corrected chi connectivity index (χ0v) is 30.5. The van der Waals surface area contributed by atoms with Crippen LogP contribution in [-0.2, 0) is 33.0 Å². The lowest BCUT2D eigenvalue weighted by molar-refractivity contribution is -0.385. The van der Waals surface area contributed by atoms with Crippen molar-refractivity contribution in [3.63, 3.8) is 0 Å². The van der Waals surface area contributed by atoms with Crippen molar-refractivity contribution in [3.8, 4) is 0 Å². The van der Waals surface area contributed by atoms with Crippen molar-refractivity contribution < 1.29 is 28.5 Å². The van der Waals surface area contributed by atoms with Crippen LogP contribution in [0.4, 0.5) is 21.2 Å². The van der Waals surface area contributed by atoms with Gasteiger partial charge in [0.05, 0.1) is 41.5 Å². The molecule has 3 aliphatic rings. The number of rotatable bonds is 11. The van der Waals surface area contributed by atoms with Gasteiger partial charge in [0, 0.05) is 60.5 Å². The first-order valence-corrected chi connectivity index (χ1v) is 20.8. The van der Waals surface area contributed by atoms with Crippen molar-refractivity contribution in [2.24, 2.45) is 5.92 Å². The van der Waals surface area contributed by atoms with Crippen molar-refractivity contribution in [1.82, 2.24) is 15.0 Å². The number of nitro benzene ring substituents is 1. The van der Waals surface area contributed by atoms with Crippen LogP contribution in [0.25, 0.3) is 0 Å². The van der Waals surface area contributed by atoms with Crippen LogP contribution in [-0.4, -0.2) is 64.5 Å². The van der Waals surface area contributed by atoms with E-state index in [0.717, 1.165) is 29.7 Å². The van der Waals surface area contributed by atoms with E-state index in [1.807, 2.05) is 61.5 Å². The average Bonchev–Trinajstić information content (AvgIpc) is 3.78. The molecule has 3 aliphatic heterocycles. The Hall–Kier alpha value is -4.79. The molecule has 5 atom stereocenters. The molecule has 1 N–H and O–H groups in total. The number of aryl methyl sites for hydroxylation is 1. The highest BCUT2D eigenvalue weighted by atomic mass is 28.4. The Morgan fingerprint density at radius 3 is 2.60 bits per heavy atom. The molecule has 7 rings (SSSR count). The molecule has 2 saturated heterocycles. The number of carbonyl (C=O) groups is 2. The average molecular weight is 727 g/mol. The van der Waals surface area contributed by atoms with Gasteiger partial charge in [-0.15, -0.1) is 5.10 Å². The minimum Gasteiger partial charge on any atom is -0.395 e. The predicted molar refractivity (Wildman–Crippen MR) is 195 cm³/mol. The van der Waals surface area contributed by atoms with E-state index >= 15 is 4.11 Å². The number of non-ortho nitro benzene ring substituents is 1. The van der Waals surface area contributed by atoms with E-state index in [1.165, 1.54) is 12.1 Å². The Kier molecular flexibility index (Phi) is 9.57. The number of nitrogens with zero attached hydrogens (tertiary/aromatic N) is 6. The fourth-order valence-electron chi connectivity index (χ4n) is 8.56. The molecule has 1 aromatic heterocycles. The summed E-state index contributed by atoms with van der Waals surface area (Å²) in [6.07, 6.45) is 3.65. The van der Waals surface area contributed by atoms with Crippen molar-refractivity contribution in [1.29, 1.82) is 0 Å². The fraction of sp³-hybridized carbons (Fsp3) is 0.421. The minimum absolute atomic E-state index is 0.0621. The molecular formula is C38H43FN6O6Si. The predicted octanol–water partition coefficient (Wildman–Crippen LogP) is 6.24. The van der Waals surface area contributed by atoms with Gasteiger partial charge in [0.25, 0.3) is 11.6 Å². The highest BCUT2D eigenvalue weighted by Gasteiger charge is 2.67. The van der Waals surface area contributed by atoms with E-state index in [9.17, 15) is 24.8 Å². The second-order valence-corrected chi connectivity index (χ2v) is 18.4. The smallest absolute Gasteiger partial charge is 0.269 e. The highest BCUT2D eigenvalue weighted by Crippen LogP contribution is 2.60. The first-order valence-electron chi connectivity index (χ1n) is 17.8. The molecule has 0 radical (unpaired) electrons. The molecule has 3 aromatic carbocycles. The molecule has 272 valence electrons. The number of aliphatic hydroxyl groups excluding tert-OH is 1. The van der Waals surface area contributed by atoms with Crippen molar-refractivity contribution >= 4 is 37.3 Å². The molecule has 0 bridgehead atoms. The number of anilines is 2. The fourth-order valence-corrected chi connectivity index (χ4v) is 11.1.